The highest BCUT2D eigenvalue weighted by atomic mass is 32.1. The maximum Gasteiger partial charge on any atom is 0.216 e. The number of aromatic nitrogens is 3. The van der Waals surface area contributed by atoms with E-state index in [1.165, 1.54) is 10.6 Å². The van der Waals surface area contributed by atoms with E-state index >= 15 is 0 Å². The fraction of sp³-hybridized carbons (Fsp3) is 0.429. The Morgan fingerprint density at radius 1 is 1.64 bits per heavy atom. The fourth-order valence-corrected chi connectivity index (χ4v) is 2.15. The first kappa shape index (κ1) is 6.79. The third-order valence-electron chi connectivity index (χ3n) is 1.82. The second-order valence-electron chi connectivity index (χ2n) is 2.45. The minimum Gasteiger partial charge on any atom is -0.277 e. The lowest BCUT2D eigenvalue weighted by molar-refractivity contribution is 1.04. The minimum atomic E-state index is 0.999. The molecular formula is C7H9N3S. The molecule has 0 fully saturated rings. The summed E-state index contributed by atoms with van der Waals surface area (Å²) in [6, 6.07) is 0. The van der Waals surface area contributed by atoms with E-state index in [4.69, 9.17) is 0 Å². The molecule has 0 aromatic carbocycles. The van der Waals surface area contributed by atoms with E-state index in [0.29, 0.717) is 0 Å². The van der Waals surface area contributed by atoms with Gasteiger partial charge >= 0.3 is 0 Å². The van der Waals surface area contributed by atoms with Gasteiger partial charge in [0, 0.05) is 10.6 Å². The number of nitrogens with zero attached hydrogens (tertiary/aromatic N) is 3. The molecule has 0 radical (unpaired) electrons. The van der Waals surface area contributed by atoms with Crippen LogP contribution in [0.25, 0.3) is 4.96 Å². The fourth-order valence-electron chi connectivity index (χ4n) is 1.17. The van der Waals surface area contributed by atoms with Crippen molar-refractivity contribution in [3.05, 3.63) is 16.9 Å². The third kappa shape index (κ3) is 0.860. The van der Waals surface area contributed by atoms with Crippen LogP contribution in [0.3, 0.4) is 0 Å². The van der Waals surface area contributed by atoms with E-state index in [2.05, 4.69) is 24.0 Å². The van der Waals surface area contributed by atoms with Crippen LogP contribution in [0.15, 0.2) is 6.33 Å². The zero-order valence-electron chi connectivity index (χ0n) is 6.53. The average Bonchev–Trinajstić information content (AvgIpc) is 2.53. The predicted molar refractivity (Wildman–Crippen MR) is 45.0 cm³/mol. The molecule has 0 N–H and O–H groups in total. The first-order chi connectivity index (χ1) is 5.33. The van der Waals surface area contributed by atoms with Crippen LogP contribution in [-0.2, 0) is 6.42 Å². The maximum atomic E-state index is 3.98. The lowest BCUT2D eigenvalue weighted by Crippen LogP contribution is -1.84. The number of rotatable bonds is 1. The van der Waals surface area contributed by atoms with Crippen molar-refractivity contribution in [1.82, 2.24) is 14.6 Å². The van der Waals surface area contributed by atoms with Crippen LogP contribution < -0.4 is 0 Å². The molecule has 2 aromatic rings. The van der Waals surface area contributed by atoms with Gasteiger partial charge in [0.1, 0.15) is 6.33 Å². The predicted octanol–water partition coefficient (Wildman–Crippen LogP) is 1.66. The molecule has 0 aliphatic heterocycles. The summed E-state index contributed by atoms with van der Waals surface area (Å²) in [5, 5.41) is 7.80. The largest absolute Gasteiger partial charge is 0.277 e. The Morgan fingerprint density at radius 3 is 3.09 bits per heavy atom. The quantitative estimate of drug-likeness (QED) is 0.646. The Balaban J connectivity index is 2.76. The van der Waals surface area contributed by atoms with Crippen molar-refractivity contribution in [3.8, 4) is 0 Å². The van der Waals surface area contributed by atoms with Crippen molar-refractivity contribution in [2.24, 2.45) is 0 Å². The molecule has 3 nitrogen and oxygen atoms in total. The summed E-state index contributed by atoms with van der Waals surface area (Å²) in [5.41, 5.74) is 1.28. The Labute approximate surface area is 68.7 Å². The normalized spacial score (nSPS) is 11.1. The number of hydrogen-bond acceptors (Lipinski definition) is 3. The van der Waals surface area contributed by atoms with Gasteiger partial charge in [0.05, 0.1) is 0 Å². The van der Waals surface area contributed by atoms with Gasteiger partial charge in [-0.25, -0.2) is 0 Å². The van der Waals surface area contributed by atoms with E-state index in [1.54, 1.807) is 17.7 Å². The number of aryl methyl sites for hydroxylation is 2. The molecule has 0 aliphatic carbocycles. The number of thiazole rings is 1. The molecule has 0 saturated carbocycles. The van der Waals surface area contributed by atoms with E-state index < -0.39 is 0 Å². The highest BCUT2D eigenvalue weighted by Crippen LogP contribution is 2.20. The maximum absolute atomic E-state index is 3.98. The van der Waals surface area contributed by atoms with Gasteiger partial charge in [0.2, 0.25) is 4.96 Å². The van der Waals surface area contributed by atoms with E-state index in [1.807, 2.05) is 4.40 Å². The molecule has 2 rings (SSSR count). The summed E-state index contributed by atoms with van der Waals surface area (Å²) in [6.07, 6.45) is 2.85. The summed E-state index contributed by atoms with van der Waals surface area (Å²) in [6.45, 7) is 4.26. The Kier molecular flexibility index (Phi) is 1.42. The van der Waals surface area contributed by atoms with Crippen molar-refractivity contribution < 1.29 is 0 Å². The molecule has 0 saturated heterocycles. The second kappa shape index (κ2) is 2.30. The Bertz CT molecular complexity index is 374. The first-order valence-electron chi connectivity index (χ1n) is 3.61. The lowest BCUT2D eigenvalue weighted by atomic mass is 10.3. The average molecular weight is 167 g/mol. The van der Waals surface area contributed by atoms with Crippen LogP contribution in [0, 0.1) is 6.92 Å². The molecule has 11 heavy (non-hydrogen) atoms. The van der Waals surface area contributed by atoms with Crippen molar-refractivity contribution in [2.45, 2.75) is 20.3 Å². The van der Waals surface area contributed by atoms with Crippen LogP contribution in [-0.4, -0.2) is 14.6 Å². The van der Waals surface area contributed by atoms with Gasteiger partial charge < -0.3 is 0 Å². The zero-order chi connectivity index (χ0) is 7.84. The zero-order valence-corrected chi connectivity index (χ0v) is 7.35. The molecule has 0 bridgehead atoms. The molecular weight excluding hydrogens is 158 g/mol. The molecule has 2 aromatic heterocycles. The van der Waals surface area contributed by atoms with Crippen LogP contribution in [0.5, 0.6) is 0 Å². The molecule has 0 amide bonds. The topological polar surface area (TPSA) is 30.2 Å². The van der Waals surface area contributed by atoms with Gasteiger partial charge in [-0.3, -0.25) is 4.40 Å². The van der Waals surface area contributed by atoms with Gasteiger partial charge in [-0.1, -0.05) is 18.3 Å². The summed E-state index contributed by atoms with van der Waals surface area (Å²) in [7, 11) is 0. The minimum absolute atomic E-state index is 0.999. The lowest BCUT2D eigenvalue weighted by Gasteiger charge is -1.90. The van der Waals surface area contributed by atoms with Gasteiger partial charge in [-0.05, 0) is 13.3 Å². The highest BCUT2D eigenvalue weighted by Gasteiger charge is 2.06. The SMILES string of the molecule is CCc1sc2nncn2c1C. The molecule has 0 unspecified atom stereocenters. The molecule has 0 atom stereocenters. The summed E-state index contributed by atoms with van der Waals surface area (Å²) < 4.78 is 2.03. The van der Waals surface area contributed by atoms with Gasteiger partial charge in [0.25, 0.3) is 0 Å². The second-order valence-corrected chi connectivity index (χ2v) is 3.51. The standard InChI is InChI=1S/C7H9N3S/c1-3-6-5(2)10-4-8-9-7(10)11-6/h4H,3H2,1-2H3. The molecule has 58 valence electrons. The summed E-state index contributed by atoms with van der Waals surface area (Å²) in [5.74, 6) is 0. The first-order valence-corrected chi connectivity index (χ1v) is 4.42. The van der Waals surface area contributed by atoms with Crippen molar-refractivity contribution in [3.63, 3.8) is 0 Å². The number of fused-ring (bicyclic) bond motifs is 1. The van der Waals surface area contributed by atoms with Gasteiger partial charge in [-0.15, -0.1) is 10.2 Å². The molecule has 4 heteroatoms. The smallest absolute Gasteiger partial charge is 0.216 e. The highest BCUT2D eigenvalue weighted by molar-refractivity contribution is 7.17. The van der Waals surface area contributed by atoms with E-state index in [0.717, 1.165) is 11.4 Å². The third-order valence-corrected chi connectivity index (χ3v) is 3.11. The summed E-state index contributed by atoms with van der Waals surface area (Å²) >= 11 is 1.72. The summed E-state index contributed by atoms with van der Waals surface area (Å²) in [4.78, 5) is 2.40. The molecule has 2 heterocycles. The van der Waals surface area contributed by atoms with Crippen LogP contribution in [0.4, 0.5) is 0 Å². The van der Waals surface area contributed by atoms with Gasteiger partial charge in [-0.2, -0.15) is 0 Å². The van der Waals surface area contributed by atoms with E-state index in [9.17, 15) is 0 Å². The number of hydrogen-bond donors (Lipinski definition) is 0. The van der Waals surface area contributed by atoms with Crippen molar-refractivity contribution in [1.29, 1.82) is 0 Å². The van der Waals surface area contributed by atoms with Crippen molar-refractivity contribution in [2.75, 3.05) is 0 Å². The van der Waals surface area contributed by atoms with Crippen LogP contribution in [0.2, 0.25) is 0 Å². The van der Waals surface area contributed by atoms with Crippen LogP contribution >= 0.6 is 11.3 Å². The molecule has 0 aliphatic rings. The Hall–Kier alpha value is -0.900. The van der Waals surface area contributed by atoms with Crippen LogP contribution in [0.1, 0.15) is 17.5 Å². The van der Waals surface area contributed by atoms with E-state index in [-0.39, 0.29) is 0 Å². The monoisotopic (exact) mass is 167 g/mol. The van der Waals surface area contributed by atoms with Crippen molar-refractivity contribution >= 4 is 16.3 Å². The molecule has 0 spiro atoms. The van der Waals surface area contributed by atoms with Gasteiger partial charge in [0.15, 0.2) is 0 Å². The Morgan fingerprint density at radius 2 is 2.45 bits per heavy atom.